The van der Waals surface area contributed by atoms with Crippen LogP contribution in [0.3, 0.4) is 0 Å². The molecule has 2 atom stereocenters. The van der Waals surface area contributed by atoms with Crippen molar-refractivity contribution >= 4 is 33.4 Å². The van der Waals surface area contributed by atoms with E-state index in [2.05, 4.69) is 79.4 Å². The van der Waals surface area contributed by atoms with Gasteiger partial charge in [-0.1, -0.05) is 42.5 Å². The Morgan fingerprint density at radius 1 is 1.04 bits per heavy atom. The molecule has 27 heavy (non-hydrogen) atoms. The molecule has 0 saturated heterocycles. The van der Waals surface area contributed by atoms with E-state index in [1.54, 1.807) is 11.8 Å². The Balaban J connectivity index is 1.60. The molecule has 0 aromatic heterocycles. The van der Waals surface area contributed by atoms with Crippen molar-refractivity contribution in [3.05, 3.63) is 66.2 Å². The number of ether oxygens (including phenoxy) is 1. The maximum Gasteiger partial charge on any atom is 0.169 e. The van der Waals surface area contributed by atoms with Gasteiger partial charge in [0.2, 0.25) is 0 Å². The van der Waals surface area contributed by atoms with E-state index in [0.717, 1.165) is 10.9 Å². The van der Waals surface area contributed by atoms with Crippen molar-refractivity contribution < 1.29 is 4.74 Å². The number of benzene rings is 3. The molecule has 0 saturated carbocycles. The number of rotatable bonds is 0. The minimum Gasteiger partial charge on any atom is -0.493 e. The van der Waals surface area contributed by atoms with Crippen molar-refractivity contribution in [1.82, 2.24) is 0 Å². The Bertz CT molecular complexity index is 1120. The summed E-state index contributed by atoms with van der Waals surface area (Å²) in [5, 5.41) is 3.63. The number of anilines is 1. The molecule has 0 amide bonds. The molecular formula is C23H20N2OS. The number of thioether (sulfide) groups is 1. The van der Waals surface area contributed by atoms with Crippen LogP contribution < -0.4 is 9.64 Å². The topological polar surface area (TPSA) is 24.8 Å². The minimum atomic E-state index is -0.0734. The van der Waals surface area contributed by atoms with Gasteiger partial charge < -0.3 is 9.64 Å². The Morgan fingerprint density at radius 2 is 1.85 bits per heavy atom. The molecule has 0 radical (unpaired) electrons. The van der Waals surface area contributed by atoms with Crippen LogP contribution in [0.5, 0.6) is 5.75 Å². The van der Waals surface area contributed by atoms with Crippen molar-refractivity contribution in [1.29, 1.82) is 0 Å². The van der Waals surface area contributed by atoms with Crippen LogP contribution in [0.15, 0.2) is 70.6 Å². The fraction of sp³-hybridized carbons (Fsp3) is 0.261. The van der Waals surface area contributed by atoms with Crippen molar-refractivity contribution in [2.24, 2.45) is 10.9 Å². The molecule has 3 aromatic rings. The van der Waals surface area contributed by atoms with Gasteiger partial charge in [-0.2, -0.15) is 0 Å². The van der Waals surface area contributed by atoms with Crippen LogP contribution in [0.4, 0.5) is 5.69 Å². The quantitative estimate of drug-likeness (QED) is 0.510. The highest BCUT2D eigenvalue weighted by Gasteiger charge is 2.52. The largest absolute Gasteiger partial charge is 0.493 e. The number of nitrogens with zero attached hydrogens (tertiary/aromatic N) is 2. The summed E-state index contributed by atoms with van der Waals surface area (Å²) in [6.07, 6.45) is 0. The molecule has 4 heteroatoms. The zero-order valence-electron chi connectivity index (χ0n) is 15.3. The molecule has 3 heterocycles. The predicted octanol–water partition coefficient (Wildman–Crippen LogP) is 5.65. The molecule has 6 rings (SSSR count). The van der Waals surface area contributed by atoms with Crippen molar-refractivity contribution in [2.45, 2.75) is 30.3 Å². The lowest BCUT2D eigenvalue weighted by atomic mass is 9.75. The maximum absolute atomic E-state index is 6.27. The lowest BCUT2D eigenvalue weighted by molar-refractivity contribution is 0.134. The second-order valence-electron chi connectivity index (χ2n) is 8.03. The molecule has 0 spiro atoms. The average Bonchev–Trinajstić information content (AvgIpc) is 3.06. The summed E-state index contributed by atoms with van der Waals surface area (Å²) in [5.74, 6) is 1.29. The van der Waals surface area contributed by atoms with Crippen molar-refractivity contribution in [2.75, 3.05) is 11.5 Å². The Kier molecular flexibility index (Phi) is 3.05. The summed E-state index contributed by atoms with van der Waals surface area (Å²) in [6.45, 7) is 5.37. The van der Waals surface area contributed by atoms with E-state index < -0.39 is 0 Å². The monoisotopic (exact) mass is 372 g/mol. The molecule has 3 aliphatic rings. The number of aliphatic imine (C=N–C) groups is 1. The van der Waals surface area contributed by atoms with Gasteiger partial charge in [-0.05, 0) is 54.6 Å². The molecule has 0 unspecified atom stereocenters. The molecule has 0 bridgehead atoms. The molecule has 3 nitrogen and oxygen atoms in total. The standard InChI is InChI=1S/C23H20N2OS/c1-23(2)16-13-26-18-12-11-14-7-3-4-8-15(14)20(18)21(16)24-22-25(23)17-9-5-6-10-19(17)27-22/h3-12,16,21H,13H2,1-2H3/t16-,21-/m0/s1. The zero-order chi connectivity index (χ0) is 18.2. The lowest BCUT2D eigenvalue weighted by Gasteiger charge is -2.50. The van der Waals surface area contributed by atoms with E-state index in [4.69, 9.17) is 9.73 Å². The third kappa shape index (κ3) is 2.02. The van der Waals surface area contributed by atoms with E-state index in [-0.39, 0.29) is 11.6 Å². The highest BCUT2D eigenvalue weighted by atomic mass is 32.2. The zero-order valence-corrected chi connectivity index (χ0v) is 16.2. The van der Waals surface area contributed by atoms with E-state index in [0.29, 0.717) is 12.5 Å². The number of para-hydroxylation sites is 1. The molecule has 0 aliphatic carbocycles. The smallest absolute Gasteiger partial charge is 0.169 e. The maximum atomic E-state index is 6.27. The number of hydrogen-bond donors (Lipinski definition) is 0. The van der Waals surface area contributed by atoms with Crippen LogP contribution in [0.1, 0.15) is 25.5 Å². The van der Waals surface area contributed by atoms with E-state index in [1.165, 1.54) is 26.9 Å². The SMILES string of the molecule is CC1(C)[C@H]2COc3ccc4ccccc4c3[C@H]2N=C2Sc3ccccc3N21. The number of hydrogen-bond acceptors (Lipinski definition) is 4. The van der Waals surface area contributed by atoms with E-state index in [9.17, 15) is 0 Å². The highest BCUT2D eigenvalue weighted by Crippen LogP contribution is 2.55. The van der Waals surface area contributed by atoms with Gasteiger partial charge in [-0.15, -0.1) is 0 Å². The average molecular weight is 372 g/mol. The summed E-state index contributed by atoms with van der Waals surface area (Å²) < 4.78 is 6.27. The van der Waals surface area contributed by atoms with Crippen molar-refractivity contribution in [3.8, 4) is 5.75 Å². The predicted molar refractivity (Wildman–Crippen MR) is 112 cm³/mol. The van der Waals surface area contributed by atoms with Gasteiger partial charge in [-0.3, -0.25) is 4.99 Å². The van der Waals surface area contributed by atoms with Gasteiger partial charge in [-0.25, -0.2) is 0 Å². The minimum absolute atomic E-state index is 0.0734. The second-order valence-corrected chi connectivity index (χ2v) is 9.04. The lowest BCUT2D eigenvalue weighted by Crippen LogP contribution is -2.57. The Labute approximate surface area is 163 Å². The first kappa shape index (κ1) is 15.6. The number of amidine groups is 1. The van der Waals surface area contributed by atoms with Gasteiger partial charge >= 0.3 is 0 Å². The van der Waals surface area contributed by atoms with Crippen LogP contribution in [0.2, 0.25) is 0 Å². The van der Waals surface area contributed by atoms with Crippen LogP contribution in [0, 0.1) is 5.92 Å². The van der Waals surface area contributed by atoms with Gasteiger partial charge in [0.1, 0.15) is 5.75 Å². The Morgan fingerprint density at radius 3 is 2.78 bits per heavy atom. The first-order valence-electron chi connectivity index (χ1n) is 9.44. The van der Waals surface area contributed by atoms with Gasteiger partial charge in [0, 0.05) is 21.9 Å². The molecule has 0 fully saturated rings. The third-order valence-electron chi connectivity index (χ3n) is 6.26. The van der Waals surface area contributed by atoms with Crippen molar-refractivity contribution in [3.63, 3.8) is 0 Å². The molecule has 134 valence electrons. The van der Waals surface area contributed by atoms with E-state index in [1.807, 2.05) is 0 Å². The first-order chi connectivity index (χ1) is 13.1. The summed E-state index contributed by atoms with van der Waals surface area (Å²) in [5.41, 5.74) is 2.45. The summed E-state index contributed by atoms with van der Waals surface area (Å²) in [6, 6.07) is 21.6. The van der Waals surface area contributed by atoms with Gasteiger partial charge in [0.15, 0.2) is 5.17 Å². The van der Waals surface area contributed by atoms with E-state index >= 15 is 0 Å². The molecule has 0 N–H and O–H groups in total. The van der Waals surface area contributed by atoms with Crippen LogP contribution in [-0.2, 0) is 0 Å². The summed E-state index contributed by atoms with van der Waals surface area (Å²) >= 11 is 1.79. The fourth-order valence-corrected chi connectivity index (χ4v) is 6.02. The summed E-state index contributed by atoms with van der Waals surface area (Å²) in [4.78, 5) is 9.01. The molecular weight excluding hydrogens is 352 g/mol. The Hall–Kier alpha value is -2.46. The summed E-state index contributed by atoms with van der Waals surface area (Å²) in [7, 11) is 0. The number of fused-ring (bicyclic) bond motifs is 8. The van der Waals surface area contributed by atoms with Crippen LogP contribution in [-0.4, -0.2) is 17.3 Å². The van der Waals surface area contributed by atoms with Gasteiger partial charge in [0.25, 0.3) is 0 Å². The third-order valence-corrected chi connectivity index (χ3v) is 7.29. The fourth-order valence-electron chi connectivity index (χ4n) is 4.82. The molecule has 3 aliphatic heterocycles. The highest BCUT2D eigenvalue weighted by molar-refractivity contribution is 8.14. The van der Waals surface area contributed by atoms with Crippen LogP contribution in [0.25, 0.3) is 10.8 Å². The molecule has 3 aromatic carbocycles. The second kappa shape index (κ2) is 5.29. The van der Waals surface area contributed by atoms with Gasteiger partial charge in [0.05, 0.1) is 18.3 Å². The first-order valence-corrected chi connectivity index (χ1v) is 10.3. The van der Waals surface area contributed by atoms with Crippen LogP contribution >= 0.6 is 11.8 Å². The normalized spacial score (nSPS) is 24.4.